The van der Waals surface area contributed by atoms with Crippen molar-refractivity contribution in [2.24, 2.45) is 0 Å². The summed E-state index contributed by atoms with van der Waals surface area (Å²) >= 11 is 6.05. The van der Waals surface area contributed by atoms with Gasteiger partial charge >= 0.3 is 0 Å². The molecule has 0 N–H and O–H groups in total. The van der Waals surface area contributed by atoms with Crippen LogP contribution in [0.5, 0.6) is 5.75 Å². The Morgan fingerprint density at radius 1 is 1.28 bits per heavy atom. The van der Waals surface area contributed by atoms with Crippen molar-refractivity contribution in [1.29, 1.82) is 0 Å². The van der Waals surface area contributed by atoms with Gasteiger partial charge in [-0.05, 0) is 38.7 Å². The maximum absolute atomic E-state index is 6.05. The number of ether oxygens (including phenoxy) is 1. The summed E-state index contributed by atoms with van der Waals surface area (Å²) in [7, 11) is 4.03. The summed E-state index contributed by atoms with van der Waals surface area (Å²) in [6.45, 7) is 7.51. The summed E-state index contributed by atoms with van der Waals surface area (Å²) in [5, 5.41) is 0.659. The van der Waals surface area contributed by atoms with Gasteiger partial charge in [-0.15, -0.1) is 0 Å². The number of benzene rings is 1. The van der Waals surface area contributed by atoms with Crippen molar-refractivity contribution in [2.45, 2.75) is 20.8 Å². The number of allylic oxidation sites excluding steroid dienone is 1. The molecule has 0 radical (unpaired) electrons. The van der Waals surface area contributed by atoms with E-state index in [0.717, 1.165) is 17.9 Å². The average molecular weight is 270 g/mol. The lowest BCUT2D eigenvalue weighted by Gasteiger charge is -2.12. The molecule has 0 aliphatic rings. The van der Waals surface area contributed by atoms with Crippen LogP contribution in [0.1, 0.15) is 26.3 Å². The van der Waals surface area contributed by atoms with Gasteiger partial charge < -0.3 is 9.64 Å². The Hall–Kier alpha value is -0.990. The molecule has 1 rings (SSSR count). The molecule has 3 heteroatoms. The van der Waals surface area contributed by atoms with E-state index in [4.69, 9.17) is 16.3 Å². The van der Waals surface area contributed by atoms with Crippen LogP contribution in [-0.4, -0.2) is 32.1 Å². The van der Waals surface area contributed by atoms with Crippen LogP contribution in [0.15, 0.2) is 24.3 Å². The van der Waals surface area contributed by atoms with Gasteiger partial charge in [0.2, 0.25) is 0 Å². The highest BCUT2D eigenvalue weighted by atomic mass is 35.5. The molecule has 1 aromatic carbocycles. The van der Waals surface area contributed by atoms with Crippen molar-refractivity contribution in [3.8, 4) is 5.75 Å². The number of halogens is 1. The second kappa shape index (κ2) is 9.98. The van der Waals surface area contributed by atoms with Crippen LogP contribution in [0.2, 0.25) is 5.02 Å². The second-order valence-corrected chi connectivity index (χ2v) is 4.25. The molecule has 0 saturated carbocycles. The Bertz CT molecular complexity index is 362. The van der Waals surface area contributed by atoms with Crippen molar-refractivity contribution in [1.82, 2.24) is 4.90 Å². The average Bonchev–Trinajstić information content (AvgIpc) is 2.35. The van der Waals surface area contributed by atoms with E-state index in [9.17, 15) is 0 Å². The Labute approximate surface area is 116 Å². The zero-order valence-electron chi connectivity index (χ0n) is 12.0. The topological polar surface area (TPSA) is 12.5 Å². The molecule has 102 valence electrons. The molecule has 0 heterocycles. The van der Waals surface area contributed by atoms with Crippen LogP contribution < -0.4 is 4.74 Å². The molecule has 0 spiro atoms. The van der Waals surface area contributed by atoms with Crippen LogP contribution in [0.25, 0.3) is 6.08 Å². The predicted octanol–water partition coefficient (Wildman–Crippen LogP) is 4.34. The molecule has 0 aromatic heterocycles. The van der Waals surface area contributed by atoms with E-state index in [0.29, 0.717) is 11.6 Å². The maximum Gasteiger partial charge on any atom is 0.138 e. The largest absolute Gasteiger partial charge is 0.491 e. The summed E-state index contributed by atoms with van der Waals surface area (Å²) in [6, 6.07) is 5.79. The van der Waals surface area contributed by atoms with E-state index >= 15 is 0 Å². The Morgan fingerprint density at radius 2 is 1.94 bits per heavy atom. The molecular weight excluding hydrogens is 246 g/mol. The lowest BCUT2D eigenvalue weighted by molar-refractivity contribution is 0.261. The van der Waals surface area contributed by atoms with Gasteiger partial charge in [-0.25, -0.2) is 0 Å². The van der Waals surface area contributed by atoms with Crippen molar-refractivity contribution in [2.75, 3.05) is 27.2 Å². The fraction of sp³-hybridized carbons (Fsp3) is 0.467. The first-order valence-corrected chi connectivity index (χ1v) is 6.71. The highest BCUT2D eigenvalue weighted by Gasteiger charge is 2.02. The van der Waals surface area contributed by atoms with Gasteiger partial charge in [0, 0.05) is 6.54 Å². The van der Waals surface area contributed by atoms with E-state index in [1.165, 1.54) is 0 Å². The smallest absolute Gasteiger partial charge is 0.138 e. The van der Waals surface area contributed by atoms with E-state index < -0.39 is 0 Å². The van der Waals surface area contributed by atoms with Gasteiger partial charge in [0.25, 0.3) is 0 Å². The molecular formula is C15H24ClNO. The minimum atomic E-state index is 0.645. The summed E-state index contributed by atoms with van der Waals surface area (Å²) in [4.78, 5) is 2.07. The molecule has 0 amide bonds. The van der Waals surface area contributed by atoms with Crippen LogP contribution in [0.4, 0.5) is 0 Å². The van der Waals surface area contributed by atoms with E-state index in [1.54, 1.807) is 0 Å². The molecule has 2 nitrogen and oxygen atoms in total. The fourth-order valence-electron chi connectivity index (χ4n) is 1.26. The van der Waals surface area contributed by atoms with Gasteiger partial charge in [0.15, 0.2) is 0 Å². The molecule has 0 atom stereocenters. The molecule has 0 bridgehead atoms. The van der Waals surface area contributed by atoms with Gasteiger partial charge in [0.1, 0.15) is 12.4 Å². The highest BCUT2D eigenvalue weighted by Crippen LogP contribution is 2.26. The Kier molecular flexibility index (Phi) is 9.43. The molecule has 0 aliphatic carbocycles. The molecule has 18 heavy (non-hydrogen) atoms. The fourth-order valence-corrected chi connectivity index (χ4v) is 1.44. The number of nitrogens with zero attached hydrogens (tertiary/aromatic N) is 1. The van der Waals surface area contributed by atoms with E-state index in [-0.39, 0.29) is 0 Å². The Morgan fingerprint density at radius 3 is 2.50 bits per heavy atom. The number of hydrogen-bond donors (Lipinski definition) is 0. The van der Waals surface area contributed by atoms with Crippen LogP contribution >= 0.6 is 11.6 Å². The SMILES string of the molecule is C/C=C/c1ccc(Cl)c(OCCN(C)C)c1.CC. The summed E-state index contributed by atoms with van der Waals surface area (Å²) < 4.78 is 5.63. The minimum Gasteiger partial charge on any atom is -0.491 e. The molecule has 0 unspecified atom stereocenters. The van der Waals surface area contributed by atoms with E-state index in [1.807, 2.05) is 65.2 Å². The van der Waals surface area contributed by atoms with Crippen LogP contribution in [-0.2, 0) is 0 Å². The molecule has 0 fully saturated rings. The first kappa shape index (κ1) is 17.0. The first-order chi connectivity index (χ1) is 8.63. The van der Waals surface area contributed by atoms with Crippen LogP contribution in [0, 0.1) is 0 Å². The van der Waals surface area contributed by atoms with Crippen molar-refractivity contribution < 1.29 is 4.74 Å². The van der Waals surface area contributed by atoms with Crippen molar-refractivity contribution in [3.63, 3.8) is 0 Å². The third kappa shape index (κ3) is 6.67. The van der Waals surface area contributed by atoms with Gasteiger partial charge in [0.05, 0.1) is 5.02 Å². The third-order valence-corrected chi connectivity index (χ3v) is 2.42. The summed E-state index contributed by atoms with van der Waals surface area (Å²) in [5.74, 6) is 0.749. The Balaban J connectivity index is 0.00000137. The lowest BCUT2D eigenvalue weighted by Crippen LogP contribution is -2.19. The maximum atomic E-state index is 6.05. The number of likely N-dealkylation sites (N-methyl/N-ethyl adjacent to an activating group) is 1. The minimum absolute atomic E-state index is 0.645. The standard InChI is InChI=1S/C13H18ClNO.C2H6/c1-4-5-11-6-7-12(14)13(10-11)16-9-8-15(2)3;1-2/h4-7,10H,8-9H2,1-3H3;1-2H3/b5-4+;. The lowest BCUT2D eigenvalue weighted by atomic mass is 10.2. The molecule has 0 aliphatic heterocycles. The summed E-state index contributed by atoms with van der Waals surface area (Å²) in [5.41, 5.74) is 1.10. The van der Waals surface area contributed by atoms with E-state index in [2.05, 4.69) is 4.90 Å². The highest BCUT2D eigenvalue weighted by molar-refractivity contribution is 6.32. The second-order valence-electron chi connectivity index (χ2n) is 3.84. The number of hydrogen-bond acceptors (Lipinski definition) is 2. The normalized spacial score (nSPS) is 10.4. The molecule has 0 saturated heterocycles. The molecule has 1 aromatic rings. The monoisotopic (exact) mass is 269 g/mol. The zero-order chi connectivity index (χ0) is 14.0. The first-order valence-electron chi connectivity index (χ1n) is 6.33. The number of rotatable bonds is 5. The summed E-state index contributed by atoms with van der Waals surface area (Å²) in [6.07, 6.45) is 4.02. The van der Waals surface area contributed by atoms with Gasteiger partial charge in [-0.3, -0.25) is 0 Å². The van der Waals surface area contributed by atoms with Crippen molar-refractivity contribution >= 4 is 17.7 Å². The zero-order valence-corrected chi connectivity index (χ0v) is 12.8. The van der Waals surface area contributed by atoms with Gasteiger partial charge in [-0.2, -0.15) is 0 Å². The van der Waals surface area contributed by atoms with Crippen molar-refractivity contribution in [3.05, 3.63) is 34.9 Å². The quantitative estimate of drug-likeness (QED) is 0.788. The van der Waals surface area contributed by atoms with Crippen LogP contribution in [0.3, 0.4) is 0 Å². The predicted molar refractivity (Wildman–Crippen MR) is 81.6 cm³/mol. The third-order valence-electron chi connectivity index (χ3n) is 2.11. The van der Waals surface area contributed by atoms with Gasteiger partial charge in [-0.1, -0.05) is 43.7 Å².